The van der Waals surface area contributed by atoms with E-state index < -0.39 is 0 Å². The fraction of sp³-hybridized carbons (Fsp3) is 0.444. The van der Waals surface area contributed by atoms with Gasteiger partial charge in [-0.3, -0.25) is 4.79 Å². The topological polar surface area (TPSA) is 42.9 Å². The van der Waals surface area contributed by atoms with Crippen LogP contribution >= 0.6 is 50.3 Å². The zero-order valence-electron chi connectivity index (χ0n) is 19.9. The lowest BCUT2D eigenvalue weighted by molar-refractivity contribution is 0.112. The summed E-state index contributed by atoms with van der Waals surface area (Å²) in [6.07, 6.45) is 13.0. The summed E-state index contributed by atoms with van der Waals surface area (Å²) in [4.78, 5) is 14.9. The first-order valence-electron chi connectivity index (χ1n) is 12.3. The molecule has 1 aromatic carbocycles. The van der Waals surface area contributed by atoms with Gasteiger partial charge in [0.1, 0.15) is 11.0 Å². The number of thiophene rings is 2. The molecule has 0 amide bonds. The largest absolute Gasteiger partial charge is 0.297 e. The SMILES string of the molecule is CCCCCCc1cc(-c2ccc(-c3cc(CCCCCC)c(C=O)s3)c3nsnc23)sc1Br. The van der Waals surface area contributed by atoms with Crippen molar-refractivity contribution >= 4 is 67.7 Å². The van der Waals surface area contributed by atoms with Gasteiger partial charge in [0.15, 0.2) is 6.29 Å². The Balaban J connectivity index is 1.61. The fourth-order valence-corrected chi connectivity index (χ4v) is 7.75. The molecule has 0 unspecified atom stereocenters. The van der Waals surface area contributed by atoms with E-state index in [1.54, 1.807) is 22.7 Å². The van der Waals surface area contributed by atoms with Crippen molar-refractivity contribution in [3.8, 4) is 20.9 Å². The highest BCUT2D eigenvalue weighted by Gasteiger charge is 2.18. The maximum Gasteiger partial charge on any atom is 0.160 e. The number of hydrogen-bond acceptors (Lipinski definition) is 6. The monoisotopic (exact) mass is 574 g/mol. The van der Waals surface area contributed by atoms with Crippen LogP contribution in [-0.4, -0.2) is 15.0 Å². The molecule has 0 saturated heterocycles. The summed E-state index contributed by atoms with van der Waals surface area (Å²) in [5.74, 6) is 0. The van der Waals surface area contributed by atoms with Crippen LogP contribution in [0, 0.1) is 0 Å². The number of nitrogens with zero attached hydrogens (tertiary/aromatic N) is 2. The molecule has 3 aromatic heterocycles. The first-order chi connectivity index (χ1) is 16.7. The summed E-state index contributed by atoms with van der Waals surface area (Å²) < 4.78 is 10.6. The van der Waals surface area contributed by atoms with Gasteiger partial charge in [-0.15, -0.1) is 22.7 Å². The predicted octanol–water partition coefficient (Wildman–Crippen LogP) is 9.97. The molecule has 0 atom stereocenters. The molecule has 34 heavy (non-hydrogen) atoms. The van der Waals surface area contributed by atoms with Crippen LogP contribution < -0.4 is 0 Å². The Kier molecular flexibility index (Phi) is 9.46. The summed E-state index contributed by atoms with van der Waals surface area (Å²) in [6.45, 7) is 4.47. The van der Waals surface area contributed by atoms with E-state index in [-0.39, 0.29) is 0 Å². The van der Waals surface area contributed by atoms with Gasteiger partial charge in [-0.05, 0) is 64.9 Å². The average Bonchev–Trinajstić information content (AvgIpc) is 3.57. The van der Waals surface area contributed by atoms with E-state index in [2.05, 4.69) is 62.8 Å². The van der Waals surface area contributed by atoms with Crippen LogP contribution in [0.5, 0.6) is 0 Å². The highest BCUT2D eigenvalue weighted by Crippen LogP contribution is 2.42. The van der Waals surface area contributed by atoms with E-state index in [1.807, 2.05) is 0 Å². The van der Waals surface area contributed by atoms with Gasteiger partial charge in [-0.2, -0.15) is 8.75 Å². The van der Waals surface area contributed by atoms with Crippen LogP contribution in [0.25, 0.3) is 31.9 Å². The number of unbranched alkanes of at least 4 members (excludes halogenated alkanes) is 6. The maximum absolute atomic E-state index is 11.7. The van der Waals surface area contributed by atoms with Crippen molar-refractivity contribution in [1.29, 1.82) is 0 Å². The lowest BCUT2D eigenvalue weighted by Crippen LogP contribution is -1.87. The maximum atomic E-state index is 11.7. The molecule has 3 heterocycles. The van der Waals surface area contributed by atoms with Gasteiger partial charge in [0.2, 0.25) is 0 Å². The van der Waals surface area contributed by atoms with Crippen molar-refractivity contribution in [3.63, 3.8) is 0 Å². The van der Waals surface area contributed by atoms with Crippen molar-refractivity contribution in [2.75, 3.05) is 0 Å². The normalized spacial score (nSPS) is 11.5. The number of rotatable bonds is 13. The minimum Gasteiger partial charge on any atom is -0.297 e. The molecule has 0 N–H and O–H groups in total. The third-order valence-corrected chi connectivity index (χ3v) is 9.91. The molecule has 0 aliphatic heterocycles. The summed E-state index contributed by atoms with van der Waals surface area (Å²) in [6, 6.07) is 8.86. The second kappa shape index (κ2) is 12.5. The molecule has 4 rings (SSSR count). The van der Waals surface area contributed by atoms with Crippen molar-refractivity contribution in [3.05, 3.63) is 44.1 Å². The molecule has 7 heteroatoms. The number of aldehydes is 1. The third kappa shape index (κ3) is 5.86. The van der Waals surface area contributed by atoms with Crippen molar-refractivity contribution in [2.24, 2.45) is 0 Å². The number of carbonyl (C=O) groups is 1. The molecule has 180 valence electrons. The van der Waals surface area contributed by atoms with Crippen LogP contribution in [0.4, 0.5) is 0 Å². The summed E-state index contributed by atoms with van der Waals surface area (Å²) in [5, 5.41) is 0. The fourth-order valence-electron chi connectivity index (χ4n) is 4.33. The number of hydrogen-bond donors (Lipinski definition) is 0. The van der Waals surface area contributed by atoms with Crippen LogP contribution in [0.2, 0.25) is 0 Å². The zero-order chi connectivity index (χ0) is 23.9. The van der Waals surface area contributed by atoms with E-state index in [0.29, 0.717) is 0 Å². The minimum atomic E-state index is 0.849. The highest BCUT2D eigenvalue weighted by atomic mass is 79.9. The zero-order valence-corrected chi connectivity index (χ0v) is 23.9. The number of carbonyl (C=O) groups excluding carboxylic acids is 1. The van der Waals surface area contributed by atoms with Crippen LogP contribution in [-0.2, 0) is 12.8 Å². The van der Waals surface area contributed by atoms with Gasteiger partial charge in [-0.25, -0.2) is 0 Å². The number of fused-ring (bicyclic) bond motifs is 1. The van der Waals surface area contributed by atoms with Crippen LogP contribution in [0.15, 0.2) is 28.1 Å². The Morgan fingerprint density at radius 2 is 1.35 bits per heavy atom. The summed E-state index contributed by atoms with van der Waals surface area (Å²) >= 11 is 8.42. The van der Waals surface area contributed by atoms with Gasteiger partial charge in [0.25, 0.3) is 0 Å². The molecule has 3 nitrogen and oxygen atoms in total. The Labute approximate surface area is 223 Å². The third-order valence-electron chi connectivity index (χ3n) is 6.25. The van der Waals surface area contributed by atoms with Gasteiger partial charge in [0.05, 0.1) is 20.4 Å². The first-order valence-corrected chi connectivity index (χ1v) is 15.4. The van der Waals surface area contributed by atoms with E-state index in [4.69, 9.17) is 0 Å². The second-order valence-corrected chi connectivity index (χ2v) is 12.8. The molecular formula is C27H31BrN2OS3. The predicted molar refractivity (Wildman–Crippen MR) is 153 cm³/mol. The van der Waals surface area contributed by atoms with E-state index >= 15 is 0 Å². The lowest BCUT2D eigenvalue weighted by atomic mass is 10.0. The molecule has 0 spiro atoms. The molecule has 0 bridgehead atoms. The molecule has 0 aliphatic rings. The number of aromatic nitrogens is 2. The molecule has 0 aliphatic carbocycles. The second-order valence-electron chi connectivity index (χ2n) is 8.77. The summed E-state index contributed by atoms with van der Waals surface area (Å²) in [5.41, 5.74) is 6.67. The van der Waals surface area contributed by atoms with Crippen molar-refractivity contribution in [1.82, 2.24) is 8.75 Å². The quantitative estimate of drug-likeness (QED) is 0.118. The number of aryl methyl sites for hydroxylation is 2. The van der Waals surface area contributed by atoms with Crippen molar-refractivity contribution < 1.29 is 4.79 Å². The minimum absolute atomic E-state index is 0.849. The molecule has 4 aromatic rings. The Bertz CT molecular complexity index is 1240. The van der Waals surface area contributed by atoms with Gasteiger partial charge in [-0.1, -0.05) is 64.5 Å². The summed E-state index contributed by atoms with van der Waals surface area (Å²) in [7, 11) is 0. The standard InChI is InChI=1S/C27H31BrN2OS3/c1-3-5-7-9-11-18-15-22(32-24(18)17-31)20-13-14-21(26-25(20)29-34-30-26)23-16-19(27(28)33-23)12-10-8-6-4-2/h13-17H,3-12H2,1-2H3. The van der Waals surface area contributed by atoms with Crippen LogP contribution in [0.3, 0.4) is 0 Å². The Morgan fingerprint density at radius 1 is 0.794 bits per heavy atom. The highest BCUT2D eigenvalue weighted by molar-refractivity contribution is 9.11. The average molecular weight is 576 g/mol. The van der Waals surface area contributed by atoms with Crippen LogP contribution in [0.1, 0.15) is 86.0 Å². The molecular weight excluding hydrogens is 544 g/mol. The van der Waals surface area contributed by atoms with E-state index in [0.717, 1.165) is 57.5 Å². The number of benzene rings is 1. The van der Waals surface area contributed by atoms with E-state index in [1.165, 1.54) is 76.5 Å². The van der Waals surface area contributed by atoms with Gasteiger partial charge < -0.3 is 0 Å². The Morgan fingerprint density at radius 3 is 1.94 bits per heavy atom. The van der Waals surface area contributed by atoms with E-state index in [9.17, 15) is 4.79 Å². The van der Waals surface area contributed by atoms with Gasteiger partial charge in [0, 0.05) is 20.9 Å². The molecule has 0 fully saturated rings. The van der Waals surface area contributed by atoms with Crippen molar-refractivity contribution in [2.45, 2.75) is 78.1 Å². The Hall–Kier alpha value is -1.41. The van der Waals surface area contributed by atoms with Gasteiger partial charge >= 0.3 is 0 Å². The first kappa shape index (κ1) is 25.7. The molecule has 0 saturated carbocycles. The molecule has 0 radical (unpaired) electrons. The number of halogens is 1. The smallest absolute Gasteiger partial charge is 0.160 e. The lowest BCUT2D eigenvalue weighted by Gasteiger charge is -2.03.